The van der Waals surface area contributed by atoms with E-state index in [1.807, 2.05) is 0 Å². The predicted octanol–water partition coefficient (Wildman–Crippen LogP) is 0.248. The van der Waals surface area contributed by atoms with Crippen molar-refractivity contribution in [1.82, 2.24) is 9.36 Å². The van der Waals surface area contributed by atoms with Gasteiger partial charge in [0.1, 0.15) is 5.82 Å². The molecule has 0 bridgehead atoms. The highest BCUT2D eigenvalue weighted by molar-refractivity contribution is 7.09. The van der Waals surface area contributed by atoms with Gasteiger partial charge in [0.15, 0.2) is 0 Å². The lowest BCUT2D eigenvalue weighted by Gasteiger charge is -2.36. The van der Waals surface area contributed by atoms with Crippen molar-refractivity contribution < 1.29 is 0 Å². The van der Waals surface area contributed by atoms with Gasteiger partial charge in [0, 0.05) is 37.1 Å². The molecule has 1 aliphatic rings. The lowest BCUT2D eigenvalue weighted by atomic mass is 10.1. The summed E-state index contributed by atoms with van der Waals surface area (Å²) in [5, 5.41) is 1.02. The molecule has 0 radical (unpaired) electrons. The van der Waals surface area contributed by atoms with Crippen LogP contribution in [0, 0.1) is 0 Å². The largest absolute Gasteiger partial charge is 0.344 e. The first kappa shape index (κ1) is 7.94. The van der Waals surface area contributed by atoms with E-state index in [2.05, 4.69) is 21.2 Å². The van der Waals surface area contributed by atoms with Gasteiger partial charge >= 0.3 is 0 Å². The maximum atomic E-state index is 5.66. The summed E-state index contributed by atoms with van der Waals surface area (Å²) in [5.41, 5.74) is 5.66. The summed E-state index contributed by atoms with van der Waals surface area (Å²) in [6, 6.07) is 0.332. The van der Waals surface area contributed by atoms with Gasteiger partial charge in [-0.2, -0.15) is 4.37 Å². The van der Waals surface area contributed by atoms with Crippen LogP contribution in [0.2, 0.25) is 0 Å². The maximum Gasteiger partial charge on any atom is 0.205 e. The number of hydrogen-bond donors (Lipinski definition) is 1. The van der Waals surface area contributed by atoms with Crippen molar-refractivity contribution in [3.8, 4) is 0 Å². The minimum absolute atomic E-state index is 0.332. The van der Waals surface area contributed by atoms with Crippen LogP contribution >= 0.6 is 11.5 Å². The molecule has 1 saturated heterocycles. The van der Waals surface area contributed by atoms with E-state index in [0.717, 1.165) is 30.5 Å². The molecular formula is C7H12N4S. The molecule has 0 atom stereocenters. The molecule has 0 aliphatic carbocycles. The van der Waals surface area contributed by atoms with Gasteiger partial charge in [0.05, 0.1) is 0 Å². The summed E-state index contributed by atoms with van der Waals surface area (Å²) in [6.07, 6.45) is 0.913. The van der Waals surface area contributed by atoms with Crippen LogP contribution < -0.4 is 10.6 Å². The number of aryl methyl sites for hydroxylation is 1. The average Bonchev–Trinajstić information content (AvgIpc) is 2.46. The fraction of sp³-hybridized carbons (Fsp3) is 0.714. The number of anilines is 1. The van der Waals surface area contributed by atoms with Crippen LogP contribution in [-0.4, -0.2) is 28.5 Å². The lowest BCUT2D eigenvalue weighted by Crippen LogP contribution is -2.55. The quantitative estimate of drug-likeness (QED) is 0.715. The molecule has 0 aromatic carbocycles. The van der Waals surface area contributed by atoms with Gasteiger partial charge < -0.3 is 10.6 Å². The second kappa shape index (κ2) is 2.99. The van der Waals surface area contributed by atoms with Gasteiger partial charge in [0.25, 0.3) is 0 Å². The molecule has 2 N–H and O–H groups in total. The maximum absolute atomic E-state index is 5.66. The van der Waals surface area contributed by atoms with E-state index >= 15 is 0 Å². The summed E-state index contributed by atoms with van der Waals surface area (Å²) in [4.78, 5) is 6.53. The van der Waals surface area contributed by atoms with Crippen LogP contribution in [0.3, 0.4) is 0 Å². The second-order valence-electron chi connectivity index (χ2n) is 3.01. The first-order valence-electron chi connectivity index (χ1n) is 4.12. The average molecular weight is 184 g/mol. The van der Waals surface area contributed by atoms with Crippen LogP contribution in [0.15, 0.2) is 0 Å². The lowest BCUT2D eigenvalue weighted by molar-refractivity contribution is 0.518. The number of rotatable bonds is 2. The summed E-state index contributed by atoms with van der Waals surface area (Å²) in [7, 11) is 0. The van der Waals surface area contributed by atoms with E-state index < -0.39 is 0 Å². The number of aromatic nitrogens is 2. The summed E-state index contributed by atoms with van der Waals surface area (Å²) < 4.78 is 4.21. The van der Waals surface area contributed by atoms with Crippen molar-refractivity contribution in [1.29, 1.82) is 0 Å². The van der Waals surface area contributed by atoms with Gasteiger partial charge in [-0.15, -0.1) is 0 Å². The third-order valence-electron chi connectivity index (χ3n) is 1.95. The zero-order valence-corrected chi connectivity index (χ0v) is 7.84. The molecule has 0 spiro atoms. The third-order valence-corrected chi connectivity index (χ3v) is 2.77. The van der Waals surface area contributed by atoms with Gasteiger partial charge in [0.2, 0.25) is 5.13 Å². The molecule has 0 amide bonds. The van der Waals surface area contributed by atoms with E-state index in [9.17, 15) is 0 Å². The minimum atomic E-state index is 0.332. The van der Waals surface area contributed by atoms with Crippen LogP contribution in [0.5, 0.6) is 0 Å². The van der Waals surface area contributed by atoms with E-state index in [1.54, 1.807) is 0 Å². The molecule has 1 aromatic rings. The Bertz CT molecular complexity index is 266. The SMILES string of the molecule is CCc1nsc(N2CC(N)C2)n1. The van der Waals surface area contributed by atoms with Gasteiger partial charge in [-0.1, -0.05) is 6.92 Å². The van der Waals surface area contributed by atoms with Gasteiger partial charge in [-0.25, -0.2) is 4.98 Å². The van der Waals surface area contributed by atoms with Crippen LogP contribution in [0.4, 0.5) is 5.13 Å². The van der Waals surface area contributed by atoms with Gasteiger partial charge in [-0.05, 0) is 0 Å². The zero-order valence-electron chi connectivity index (χ0n) is 7.03. The molecule has 0 saturated carbocycles. The molecule has 5 heteroatoms. The minimum Gasteiger partial charge on any atom is -0.344 e. The smallest absolute Gasteiger partial charge is 0.205 e. The molecular weight excluding hydrogens is 172 g/mol. The summed E-state index contributed by atoms with van der Waals surface area (Å²) in [5.74, 6) is 0.940. The molecule has 2 rings (SSSR count). The number of nitrogens with two attached hydrogens (primary N) is 1. The number of hydrogen-bond acceptors (Lipinski definition) is 5. The monoisotopic (exact) mass is 184 g/mol. The first-order chi connectivity index (χ1) is 5.79. The normalized spacial score (nSPS) is 18.0. The van der Waals surface area contributed by atoms with Crippen molar-refractivity contribution in [2.45, 2.75) is 19.4 Å². The molecule has 0 unspecified atom stereocenters. The summed E-state index contributed by atoms with van der Waals surface area (Å²) >= 11 is 1.47. The Kier molecular flexibility index (Phi) is 1.98. The molecule has 1 fully saturated rings. The topological polar surface area (TPSA) is 55.0 Å². The fourth-order valence-electron chi connectivity index (χ4n) is 1.19. The predicted molar refractivity (Wildman–Crippen MR) is 49.5 cm³/mol. The van der Waals surface area contributed by atoms with Crippen molar-refractivity contribution >= 4 is 16.7 Å². The highest BCUT2D eigenvalue weighted by Gasteiger charge is 2.25. The Balaban J connectivity index is 2.04. The number of nitrogens with zero attached hydrogens (tertiary/aromatic N) is 3. The van der Waals surface area contributed by atoms with Crippen LogP contribution in [0.25, 0.3) is 0 Å². The first-order valence-corrected chi connectivity index (χ1v) is 4.90. The Hall–Kier alpha value is -0.680. The molecule has 12 heavy (non-hydrogen) atoms. The molecule has 2 heterocycles. The van der Waals surface area contributed by atoms with Crippen LogP contribution in [-0.2, 0) is 6.42 Å². The van der Waals surface area contributed by atoms with E-state index in [0.29, 0.717) is 6.04 Å². The van der Waals surface area contributed by atoms with E-state index in [4.69, 9.17) is 5.73 Å². The molecule has 1 aromatic heterocycles. The molecule has 4 nitrogen and oxygen atoms in total. The molecule has 1 aliphatic heterocycles. The van der Waals surface area contributed by atoms with Crippen molar-refractivity contribution in [2.24, 2.45) is 5.73 Å². The standard InChI is InChI=1S/C7H12N4S/c1-2-6-9-7(12-10-6)11-3-5(8)4-11/h5H,2-4,8H2,1H3. The third kappa shape index (κ3) is 1.30. The Morgan fingerprint density at radius 2 is 2.42 bits per heavy atom. The Labute approximate surface area is 75.6 Å². The van der Waals surface area contributed by atoms with Crippen molar-refractivity contribution in [3.63, 3.8) is 0 Å². The van der Waals surface area contributed by atoms with E-state index in [-0.39, 0.29) is 0 Å². The van der Waals surface area contributed by atoms with Crippen molar-refractivity contribution in [3.05, 3.63) is 5.82 Å². The second-order valence-corrected chi connectivity index (χ2v) is 3.74. The molecule has 66 valence electrons. The Morgan fingerprint density at radius 3 is 2.92 bits per heavy atom. The Morgan fingerprint density at radius 1 is 1.67 bits per heavy atom. The highest BCUT2D eigenvalue weighted by atomic mass is 32.1. The van der Waals surface area contributed by atoms with Crippen LogP contribution in [0.1, 0.15) is 12.7 Å². The van der Waals surface area contributed by atoms with Gasteiger partial charge in [-0.3, -0.25) is 0 Å². The zero-order chi connectivity index (χ0) is 8.55. The highest BCUT2D eigenvalue weighted by Crippen LogP contribution is 2.21. The van der Waals surface area contributed by atoms with Crippen molar-refractivity contribution in [2.75, 3.05) is 18.0 Å². The fourth-order valence-corrected chi connectivity index (χ4v) is 1.95. The van der Waals surface area contributed by atoms with E-state index in [1.165, 1.54) is 11.5 Å². The summed E-state index contributed by atoms with van der Waals surface area (Å²) in [6.45, 7) is 3.92.